The lowest BCUT2D eigenvalue weighted by atomic mass is 9.80. The van der Waals surface area contributed by atoms with Gasteiger partial charge in [0.2, 0.25) is 0 Å². The fourth-order valence-corrected chi connectivity index (χ4v) is 5.16. The van der Waals surface area contributed by atoms with Gasteiger partial charge in [0.15, 0.2) is 0 Å². The van der Waals surface area contributed by atoms with Gasteiger partial charge in [-0.15, -0.1) is 11.8 Å². The van der Waals surface area contributed by atoms with Crippen LogP contribution in [0.25, 0.3) is 11.6 Å². The maximum Gasteiger partial charge on any atom is 0.335 e. The second-order valence-corrected chi connectivity index (χ2v) is 8.87. The van der Waals surface area contributed by atoms with Gasteiger partial charge in [0.25, 0.3) is 0 Å². The largest absolute Gasteiger partial charge is 0.496 e. The Kier molecular flexibility index (Phi) is 5.38. The molecule has 1 heterocycles. The SMILES string of the molecule is COc1cc(C(=O)O)ccc1/C=C(\C)c1cc2c(cc1C)SCCC2(C)C. The van der Waals surface area contributed by atoms with Crippen LogP contribution in [0.4, 0.5) is 0 Å². The van der Waals surface area contributed by atoms with Gasteiger partial charge in [-0.2, -0.15) is 0 Å². The molecule has 2 aromatic carbocycles. The zero-order chi connectivity index (χ0) is 19.8. The molecule has 2 aromatic rings. The predicted molar refractivity (Wildman–Crippen MR) is 113 cm³/mol. The molecule has 27 heavy (non-hydrogen) atoms. The first-order chi connectivity index (χ1) is 12.7. The number of ether oxygens (including phenoxy) is 1. The number of carbonyl (C=O) groups is 1. The van der Waals surface area contributed by atoms with Crippen molar-refractivity contribution in [3.63, 3.8) is 0 Å². The van der Waals surface area contributed by atoms with Crippen LogP contribution in [0.2, 0.25) is 0 Å². The molecule has 0 saturated heterocycles. The second kappa shape index (κ2) is 7.43. The Balaban J connectivity index is 2.06. The fourth-order valence-electron chi connectivity index (χ4n) is 3.58. The number of hydrogen-bond donors (Lipinski definition) is 1. The molecule has 0 radical (unpaired) electrons. The molecule has 142 valence electrons. The highest BCUT2D eigenvalue weighted by Crippen LogP contribution is 2.43. The normalized spacial score (nSPS) is 16.0. The molecule has 0 saturated carbocycles. The van der Waals surface area contributed by atoms with E-state index in [4.69, 9.17) is 4.74 Å². The Labute approximate surface area is 165 Å². The van der Waals surface area contributed by atoms with Crippen LogP contribution in [0.1, 0.15) is 59.8 Å². The zero-order valence-corrected chi connectivity index (χ0v) is 17.4. The third-order valence-electron chi connectivity index (χ3n) is 5.32. The molecular formula is C23H26O3S. The van der Waals surface area contributed by atoms with Crippen LogP contribution in [0.3, 0.4) is 0 Å². The maximum absolute atomic E-state index is 11.2. The van der Waals surface area contributed by atoms with E-state index in [1.165, 1.54) is 33.8 Å². The topological polar surface area (TPSA) is 46.5 Å². The van der Waals surface area contributed by atoms with E-state index in [1.54, 1.807) is 25.3 Å². The zero-order valence-electron chi connectivity index (χ0n) is 16.6. The molecule has 0 spiro atoms. The highest BCUT2D eigenvalue weighted by atomic mass is 32.2. The van der Waals surface area contributed by atoms with Gasteiger partial charge in [-0.25, -0.2) is 4.79 Å². The molecule has 1 aliphatic heterocycles. The summed E-state index contributed by atoms with van der Waals surface area (Å²) in [5.74, 6) is 0.785. The van der Waals surface area contributed by atoms with E-state index in [2.05, 4.69) is 45.9 Å². The van der Waals surface area contributed by atoms with Crippen LogP contribution in [0, 0.1) is 6.92 Å². The van der Waals surface area contributed by atoms with Gasteiger partial charge in [-0.05, 0) is 84.0 Å². The third-order valence-corrected chi connectivity index (χ3v) is 6.37. The monoisotopic (exact) mass is 382 g/mol. The Morgan fingerprint density at radius 2 is 2.00 bits per heavy atom. The van der Waals surface area contributed by atoms with Crippen molar-refractivity contribution in [3.05, 3.63) is 58.1 Å². The average molecular weight is 383 g/mol. The maximum atomic E-state index is 11.2. The van der Waals surface area contributed by atoms with Crippen LogP contribution in [-0.4, -0.2) is 23.9 Å². The Hall–Kier alpha value is -2.20. The molecule has 0 unspecified atom stereocenters. The summed E-state index contributed by atoms with van der Waals surface area (Å²) in [7, 11) is 1.57. The molecular weight excluding hydrogens is 356 g/mol. The molecule has 0 fully saturated rings. The minimum atomic E-state index is -0.953. The van der Waals surface area contributed by atoms with E-state index in [-0.39, 0.29) is 11.0 Å². The van der Waals surface area contributed by atoms with E-state index in [1.807, 2.05) is 11.8 Å². The van der Waals surface area contributed by atoms with Gasteiger partial charge in [0.1, 0.15) is 5.75 Å². The Bertz CT molecular complexity index is 925. The summed E-state index contributed by atoms with van der Waals surface area (Å²) in [6.45, 7) is 8.89. The lowest BCUT2D eigenvalue weighted by Gasteiger charge is -2.33. The number of rotatable bonds is 4. The van der Waals surface area contributed by atoms with Crippen molar-refractivity contribution in [1.29, 1.82) is 0 Å². The molecule has 0 aliphatic carbocycles. The number of fused-ring (bicyclic) bond motifs is 1. The van der Waals surface area contributed by atoms with Gasteiger partial charge in [-0.3, -0.25) is 0 Å². The van der Waals surface area contributed by atoms with Crippen LogP contribution in [-0.2, 0) is 5.41 Å². The quantitative estimate of drug-likeness (QED) is 0.655. The minimum absolute atomic E-state index is 0.185. The summed E-state index contributed by atoms with van der Waals surface area (Å²) in [4.78, 5) is 12.6. The first-order valence-corrected chi connectivity index (χ1v) is 10.1. The van der Waals surface area contributed by atoms with Gasteiger partial charge >= 0.3 is 5.97 Å². The van der Waals surface area contributed by atoms with Crippen molar-refractivity contribution in [1.82, 2.24) is 0 Å². The van der Waals surface area contributed by atoms with E-state index in [9.17, 15) is 9.90 Å². The number of aromatic carboxylic acids is 1. The highest BCUT2D eigenvalue weighted by Gasteiger charge is 2.28. The molecule has 0 atom stereocenters. The molecule has 1 aliphatic rings. The smallest absolute Gasteiger partial charge is 0.335 e. The fraction of sp³-hybridized carbons (Fsp3) is 0.348. The lowest BCUT2D eigenvalue weighted by Crippen LogP contribution is -2.23. The average Bonchev–Trinajstić information content (AvgIpc) is 2.60. The van der Waals surface area contributed by atoms with Crippen LogP contribution in [0.15, 0.2) is 35.2 Å². The summed E-state index contributed by atoms with van der Waals surface area (Å²) in [6.07, 6.45) is 3.25. The minimum Gasteiger partial charge on any atom is -0.496 e. The number of carboxylic acids is 1. The summed E-state index contributed by atoms with van der Waals surface area (Å²) in [5, 5.41) is 9.18. The van der Waals surface area contributed by atoms with Gasteiger partial charge < -0.3 is 9.84 Å². The van der Waals surface area contributed by atoms with Crippen LogP contribution in [0.5, 0.6) is 5.75 Å². The first kappa shape index (κ1) is 19.6. The van der Waals surface area contributed by atoms with Crippen LogP contribution >= 0.6 is 11.8 Å². The number of aryl methyl sites for hydroxylation is 1. The molecule has 0 aromatic heterocycles. The van der Waals surface area contributed by atoms with E-state index in [0.29, 0.717) is 5.75 Å². The third kappa shape index (κ3) is 3.91. The van der Waals surface area contributed by atoms with Crippen molar-refractivity contribution in [2.75, 3.05) is 12.9 Å². The van der Waals surface area contributed by atoms with Crippen molar-refractivity contribution in [2.24, 2.45) is 0 Å². The number of carboxylic acid groups (broad SMARTS) is 1. The second-order valence-electron chi connectivity index (χ2n) is 7.73. The summed E-state index contributed by atoms with van der Waals surface area (Å²) < 4.78 is 5.42. The molecule has 1 N–H and O–H groups in total. The number of hydrogen-bond acceptors (Lipinski definition) is 3. The van der Waals surface area contributed by atoms with Crippen molar-refractivity contribution >= 4 is 29.4 Å². The van der Waals surface area contributed by atoms with Gasteiger partial charge in [0, 0.05) is 10.5 Å². The lowest BCUT2D eigenvalue weighted by molar-refractivity contribution is 0.0696. The predicted octanol–water partition coefficient (Wildman–Crippen LogP) is 6.04. The van der Waals surface area contributed by atoms with Crippen molar-refractivity contribution < 1.29 is 14.6 Å². The summed E-state index contributed by atoms with van der Waals surface area (Å²) in [6, 6.07) is 9.63. The van der Waals surface area contributed by atoms with Crippen molar-refractivity contribution in [3.8, 4) is 5.75 Å². The summed E-state index contributed by atoms with van der Waals surface area (Å²) in [5.41, 5.74) is 6.34. The number of methoxy groups -OCH3 is 1. The molecule has 0 amide bonds. The summed E-state index contributed by atoms with van der Waals surface area (Å²) >= 11 is 1.94. The van der Waals surface area contributed by atoms with Gasteiger partial charge in [-0.1, -0.05) is 19.9 Å². The first-order valence-electron chi connectivity index (χ1n) is 9.11. The van der Waals surface area contributed by atoms with Gasteiger partial charge in [0.05, 0.1) is 12.7 Å². The Morgan fingerprint density at radius 1 is 1.26 bits per heavy atom. The molecule has 0 bridgehead atoms. The number of thioether (sulfide) groups is 1. The molecule has 3 rings (SSSR count). The molecule has 3 nitrogen and oxygen atoms in total. The van der Waals surface area contributed by atoms with E-state index >= 15 is 0 Å². The number of allylic oxidation sites excluding steroid dienone is 1. The van der Waals surface area contributed by atoms with Crippen LogP contribution < -0.4 is 4.74 Å². The van der Waals surface area contributed by atoms with E-state index < -0.39 is 5.97 Å². The molecule has 4 heteroatoms. The van der Waals surface area contributed by atoms with Crippen molar-refractivity contribution in [2.45, 2.75) is 44.4 Å². The highest BCUT2D eigenvalue weighted by molar-refractivity contribution is 7.99. The number of benzene rings is 2. The van der Waals surface area contributed by atoms with E-state index in [0.717, 1.165) is 11.1 Å². The standard InChI is InChI=1S/C23H26O3S/c1-14(10-16-6-7-17(22(24)25)12-20(16)26-5)18-13-19-21(11-15(18)2)27-9-8-23(19,3)4/h6-7,10-13H,8-9H2,1-5H3,(H,24,25)/b14-10+. The Morgan fingerprint density at radius 3 is 2.67 bits per heavy atom.